The number of aryl methyl sites for hydroxylation is 2. The Hall–Kier alpha value is -2.58. The molecule has 2 aromatic carbocycles. The minimum absolute atomic E-state index is 0.0252. The lowest BCUT2D eigenvalue weighted by molar-refractivity contribution is -0.384. The second-order valence-corrected chi connectivity index (χ2v) is 9.80. The molecule has 8 heteroatoms. The van der Waals surface area contributed by atoms with Crippen molar-refractivity contribution < 1.29 is 14.5 Å². The summed E-state index contributed by atoms with van der Waals surface area (Å²) in [6.45, 7) is 3.91. The maximum absolute atomic E-state index is 13.4. The first kappa shape index (κ1) is 20.7. The number of hydrogen-bond donors (Lipinski definition) is 0. The van der Waals surface area contributed by atoms with Crippen molar-refractivity contribution in [3.8, 4) is 0 Å². The fourth-order valence-corrected chi connectivity index (χ4v) is 6.39. The first-order chi connectivity index (χ1) is 14.4. The Morgan fingerprint density at radius 3 is 2.50 bits per heavy atom. The van der Waals surface area contributed by atoms with Gasteiger partial charge < -0.3 is 0 Å². The van der Waals surface area contributed by atoms with Gasteiger partial charge in [-0.2, -0.15) is 0 Å². The molecule has 2 aliphatic rings. The molecule has 0 aliphatic carbocycles. The van der Waals surface area contributed by atoms with Gasteiger partial charge in [0.2, 0.25) is 0 Å². The molecule has 2 aromatic rings. The van der Waals surface area contributed by atoms with Crippen molar-refractivity contribution in [2.24, 2.45) is 0 Å². The number of anilines is 1. The van der Waals surface area contributed by atoms with E-state index >= 15 is 0 Å². The Morgan fingerprint density at radius 1 is 1.10 bits per heavy atom. The van der Waals surface area contributed by atoms with Gasteiger partial charge in [0.05, 0.1) is 9.16 Å². The summed E-state index contributed by atoms with van der Waals surface area (Å²) in [4.78, 5) is 39.1. The van der Waals surface area contributed by atoms with Crippen LogP contribution in [-0.2, 0) is 16.0 Å². The van der Waals surface area contributed by atoms with E-state index in [1.807, 2.05) is 32.0 Å². The average Bonchev–Trinajstić information content (AvgIpc) is 3.30. The molecule has 6 nitrogen and oxygen atoms in total. The second-order valence-electron chi connectivity index (χ2n) is 7.34. The maximum atomic E-state index is 13.4. The zero-order valence-electron chi connectivity index (χ0n) is 16.6. The quantitative estimate of drug-likeness (QED) is 0.303. The van der Waals surface area contributed by atoms with Crippen LogP contribution in [0.4, 0.5) is 11.4 Å². The van der Waals surface area contributed by atoms with Gasteiger partial charge in [0.15, 0.2) is 5.78 Å². The van der Waals surface area contributed by atoms with Crippen LogP contribution in [0.3, 0.4) is 0 Å². The highest BCUT2D eigenvalue weighted by atomic mass is 32.2. The largest absolute Gasteiger partial charge is 0.297 e. The Labute approximate surface area is 182 Å². The van der Waals surface area contributed by atoms with E-state index < -0.39 is 11.0 Å². The zero-order chi connectivity index (χ0) is 21.4. The molecule has 1 amide bonds. The number of nitro benzene ring substituents is 1. The fraction of sp³-hybridized carbons (Fsp3) is 0.273. The molecule has 4 rings (SSSR count). The molecule has 0 saturated carbocycles. The number of nitrogens with zero attached hydrogens (tertiary/aromatic N) is 2. The summed E-state index contributed by atoms with van der Waals surface area (Å²) in [6.07, 6.45) is 0.228. The number of non-ortho nitro benzene ring substituents is 1. The van der Waals surface area contributed by atoms with E-state index in [1.165, 1.54) is 12.1 Å². The van der Waals surface area contributed by atoms with Gasteiger partial charge in [-0.3, -0.25) is 24.6 Å². The minimum Gasteiger partial charge on any atom is -0.297 e. The van der Waals surface area contributed by atoms with Crippen molar-refractivity contribution in [2.45, 2.75) is 26.3 Å². The summed E-state index contributed by atoms with van der Waals surface area (Å²) < 4.78 is 0.793. The van der Waals surface area contributed by atoms with Gasteiger partial charge in [-0.1, -0.05) is 29.8 Å². The van der Waals surface area contributed by atoms with Crippen molar-refractivity contribution in [1.29, 1.82) is 0 Å². The zero-order valence-corrected chi connectivity index (χ0v) is 18.2. The molecule has 1 unspecified atom stereocenters. The smallest absolute Gasteiger partial charge is 0.269 e. The molecule has 30 heavy (non-hydrogen) atoms. The molecule has 2 fully saturated rings. The number of benzene rings is 2. The molecule has 0 radical (unpaired) electrons. The molecule has 1 atom stereocenters. The Bertz CT molecular complexity index is 1090. The Kier molecular flexibility index (Phi) is 5.71. The summed E-state index contributed by atoms with van der Waals surface area (Å²) in [5.74, 6) is 1.27. The topological polar surface area (TPSA) is 80.5 Å². The van der Waals surface area contributed by atoms with Crippen molar-refractivity contribution >= 4 is 46.6 Å². The SMILES string of the molecule is Cc1ccc(N2C(=O)C(=C3SCCS3)C(=O)C2Cc2cccc([N+](=O)[O-])c2)c(C)c1. The first-order valence-corrected chi connectivity index (χ1v) is 11.5. The lowest BCUT2D eigenvalue weighted by atomic mass is 10.0. The van der Waals surface area contributed by atoms with Gasteiger partial charge in [0.25, 0.3) is 11.6 Å². The van der Waals surface area contributed by atoms with Gasteiger partial charge >= 0.3 is 0 Å². The number of ketones is 1. The third kappa shape index (κ3) is 3.77. The van der Waals surface area contributed by atoms with Crippen LogP contribution in [0.5, 0.6) is 0 Å². The summed E-state index contributed by atoms with van der Waals surface area (Å²) in [7, 11) is 0. The number of amides is 1. The summed E-state index contributed by atoms with van der Waals surface area (Å²) >= 11 is 3.10. The number of carbonyl (C=O) groups is 2. The number of Topliss-reactive ketones (excluding diaryl/α,β-unsaturated/α-hetero) is 1. The monoisotopic (exact) mass is 440 g/mol. The van der Waals surface area contributed by atoms with Crippen LogP contribution in [0.25, 0.3) is 0 Å². The van der Waals surface area contributed by atoms with Crippen LogP contribution in [-0.4, -0.2) is 34.2 Å². The Morgan fingerprint density at radius 2 is 1.83 bits per heavy atom. The number of thioether (sulfide) groups is 2. The van der Waals surface area contributed by atoms with Gasteiger partial charge in [0.1, 0.15) is 11.6 Å². The van der Waals surface area contributed by atoms with Crippen molar-refractivity contribution in [1.82, 2.24) is 0 Å². The van der Waals surface area contributed by atoms with E-state index in [9.17, 15) is 19.7 Å². The Balaban J connectivity index is 1.79. The number of nitro groups is 1. The molecule has 0 bridgehead atoms. The van der Waals surface area contributed by atoms with Crippen LogP contribution in [0.15, 0.2) is 52.3 Å². The molecule has 2 saturated heterocycles. The predicted molar refractivity (Wildman–Crippen MR) is 121 cm³/mol. The highest BCUT2D eigenvalue weighted by Crippen LogP contribution is 2.43. The fourth-order valence-electron chi connectivity index (χ4n) is 3.85. The normalized spacial score (nSPS) is 19.1. The summed E-state index contributed by atoms with van der Waals surface area (Å²) in [6, 6.07) is 11.3. The van der Waals surface area contributed by atoms with Crippen molar-refractivity contribution in [2.75, 3.05) is 16.4 Å². The summed E-state index contributed by atoms with van der Waals surface area (Å²) in [5.41, 5.74) is 3.59. The number of hydrogen-bond acceptors (Lipinski definition) is 6. The molecule has 0 spiro atoms. The molecular formula is C22H20N2O4S2. The lowest BCUT2D eigenvalue weighted by Crippen LogP contribution is -2.37. The predicted octanol–water partition coefficient (Wildman–Crippen LogP) is 4.43. The maximum Gasteiger partial charge on any atom is 0.269 e. The number of rotatable bonds is 4. The standard InChI is InChI=1S/C22H20N2O4S2/c1-13-6-7-17(14(2)10-13)23-18(12-15-4-3-5-16(11-15)24(27)28)20(25)19(21(23)26)22-29-8-9-30-22/h3-7,10-11,18H,8-9,12H2,1-2H3. The van der Waals surface area contributed by atoms with Crippen LogP contribution >= 0.6 is 23.5 Å². The van der Waals surface area contributed by atoms with E-state index in [-0.39, 0.29) is 29.4 Å². The first-order valence-electron chi connectivity index (χ1n) is 9.55. The van der Waals surface area contributed by atoms with Crippen molar-refractivity contribution in [3.05, 3.63) is 79.1 Å². The highest BCUT2D eigenvalue weighted by Gasteiger charge is 2.46. The minimum atomic E-state index is -0.717. The number of carbonyl (C=O) groups excluding carboxylic acids is 2. The lowest BCUT2D eigenvalue weighted by Gasteiger charge is -2.25. The third-order valence-corrected chi connectivity index (χ3v) is 7.92. The van der Waals surface area contributed by atoms with E-state index in [0.717, 1.165) is 26.9 Å². The van der Waals surface area contributed by atoms with Gasteiger partial charge in [-0.15, -0.1) is 23.5 Å². The average molecular weight is 441 g/mol. The molecule has 0 N–H and O–H groups in total. The molecule has 2 heterocycles. The van der Waals surface area contributed by atoms with Crippen LogP contribution < -0.4 is 4.90 Å². The van der Waals surface area contributed by atoms with E-state index in [0.29, 0.717) is 11.3 Å². The molecular weight excluding hydrogens is 420 g/mol. The van der Waals surface area contributed by atoms with Gasteiger partial charge in [-0.05, 0) is 31.0 Å². The third-order valence-electron chi connectivity index (χ3n) is 5.21. The van der Waals surface area contributed by atoms with Gasteiger partial charge in [0, 0.05) is 35.7 Å². The van der Waals surface area contributed by atoms with Crippen molar-refractivity contribution in [3.63, 3.8) is 0 Å². The van der Waals surface area contributed by atoms with E-state index in [2.05, 4.69) is 0 Å². The van der Waals surface area contributed by atoms with Crippen LogP contribution in [0, 0.1) is 24.0 Å². The molecule has 0 aromatic heterocycles. The van der Waals surface area contributed by atoms with Crippen LogP contribution in [0.1, 0.15) is 16.7 Å². The van der Waals surface area contributed by atoms with E-state index in [4.69, 9.17) is 0 Å². The second kappa shape index (κ2) is 8.28. The summed E-state index contributed by atoms with van der Waals surface area (Å²) in [5, 5.41) is 11.2. The molecule has 2 aliphatic heterocycles. The highest BCUT2D eigenvalue weighted by molar-refractivity contribution is 8.25. The van der Waals surface area contributed by atoms with Gasteiger partial charge in [-0.25, -0.2) is 0 Å². The molecule has 154 valence electrons. The van der Waals surface area contributed by atoms with Crippen LogP contribution in [0.2, 0.25) is 0 Å². The van der Waals surface area contributed by atoms with E-state index in [1.54, 1.807) is 40.6 Å².